The molecule has 1 N–H and O–H groups in total. The van der Waals surface area contributed by atoms with Crippen LogP contribution in [0.1, 0.15) is 25.7 Å². The molecule has 29 heavy (non-hydrogen) atoms. The number of nitrogens with zero attached hydrogens (tertiary/aromatic N) is 2. The molecule has 0 radical (unpaired) electrons. The predicted octanol–water partition coefficient (Wildman–Crippen LogP) is 2.08. The van der Waals surface area contributed by atoms with Gasteiger partial charge in [0, 0.05) is 43.6 Å². The van der Waals surface area contributed by atoms with Gasteiger partial charge in [0.1, 0.15) is 0 Å². The van der Waals surface area contributed by atoms with Gasteiger partial charge in [-0.15, -0.1) is 0 Å². The van der Waals surface area contributed by atoms with E-state index in [9.17, 15) is 13.2 Å². The first-order chi connectivity index (χ1) is 13.9. The van der Waals surface area contributed by atoms with Crippen LogP contribution in [0.3, 0.4) is 0 Å². The summed E-state index contributed by atoms with van der Waals surface area (Å²) in [6.45, 7) is 6.48. The molecule has 0 atom stereocenters. The highest BCUT2D eigenvalue weighted by Crippen LogP contribution is 2.21. The van der Waals surface area contributed by atoms with Gasteiger partial charge >= 0.3 is 0 Å². The van der Waals surface area contributed by atoms with E-state index in [4.69, 9.17) is 4.74 Å². The number of morpholine rings is 1. The average Bonchev–Trinajstić information content (AvgIpc) is 2.73. The van der Waals surface area contributed by atoms with Gasteiger partial charge in [-0.2, -0.15) is 0 Å². The molecule has 1 aromatic carbocycles. The Balaban J connectivity index is 1.34. The van der Waals surface area contributed by atoms with Crippen LogP contribution in [0, 0.1) is 5.92 Å². The number of rotatable bonds is 8. The summed E-state index contributed by atoms with van der Waals surface area (Å²) in [5, 5.41) is 0. The van der Waals surface area contributed by atoms with Gasteiger partial charge in [0.05, 0.1) is 18.1 Å². The molecule has 3 rings (SSSR count). The van der Waals surface area contributed by atoms with Crippen molar-refractivity contribution in [1.29, 1.82) is 0 Å². The van der Waals surface area contributed by atoms with E-state index in [-0.39, 0.29) is 23.8 Å². The number of carbonyl (C=O) groups excluding carboxylic acids is 1. The Morgan fingerprint density at radius 2 is 1.76 bits per heavy atom. The van der Waals surface area contributed by atoms with E-state index < -0.39 is 10.0 Å². The maximum atomic E-state index is 12.4. The molecular formula is C20H30BrN3O4S. The Bertz CT molecular complexity index is 758. The lowest BCUT2D eigenvalue weighted by molar-refractivity contribution is -0.132. The number of sulfonamides is 1. The van der Waals surface area contributed by atoms with Gasteiger partial charge in [-0.1, -0.05) is 15.9 Å². The van der Waals surface area contributed by atoms with Gasteiger partial charge < -0.3 is 9.64 Å². The van der Waals surface area contributed by atoms with E-state index in [1.54, 1.807) is 12.1 Å². The predicted molar refractivity (Wildman–Crippen MR) is 115 cm³/mol. The van der Waals surface area contributed by atoms with Crippen LogP contribution in [0.2, 0.25) is 0 Å². The number of benzene rings is 1. The molecule has 1 aromatic rings. The number of hydrogen-bond donors (Lipinski definition) is 1. The Kier molecular flexibility index (Phi) is 8.49. The number of nitrogens with one attached hydrogen (secondary N) is 1. The molecule has 9 heteroatoms. The fourth-order valence-corrected chi connectivity index (χ4v) is 5.10. The highest BCUT2D eigenvalue weighted by Gasteiger charge is 2.24. The first-order valence-corrected chi connectivity index (χ1v) is 12.5. The number of carbonyl (C=O) groups is 1. The van der Waals surface area contributed by atoms with Crippen LogP contribution < -0.4 is 4.72 Å². The molecule has 2 aliphatic heterocycles. The van der Waals surface area contributed by atoms with Gasteiger partial charge in [0.25, 0.3) is 0 Å². The molecular weight excluding hydrogens is 458 g/mol. The summed E-state index contributed by atoms with van der Waals surface area (Å²) in [4.78, 5) is 17.0. The second-order valence-corrected chi connectivity index (χ2v) is 10.4. The Hall–Kier alpha value is -1.00. The van der Waals surface area contributed by atoms with Gasteiger partial charge in [-0.05, 0) is 56.0 Å². The van der Waals surface area contributed by atoms with E-state index in [2.05, 4.69) is 25.6 Å². The molecule has 2 aliphatic rings. The molecule has 1 amide bonds. The fraction of sp³-hybridized carbons (Fsp3) is 0.650. The van der Waals surface area contributed by atoms with Gasteiger partial charge in [-0.3, -0.25) is 9.69 Å². The van der Waals surface area contributed by atoms with E-state index in [1.165, 1.54) is 18.6 Å². The molecule has 162 valence electrons. The molecule has 0 saturated carbocycles. The standard InChI is InChI=1S/C20H30BrN3O4S/c21-18-1-3-19(4-2-18)29(26,27)22-9-5-20(25)24-11-7-17(8-12-24)6-10-23-13-15-28-16-14-23/h1-4,17,22H,5-16H2. The molecule has 0 bridgehead atoms. The molecule has 2 heterocycles. The van der Waals surface area contributed by atoms with Crippen molar-refractivity contribution in [2.24, 2.45) is 5.92 Å². The van der Waals surface area contributed by atoms with Crippen molar-refractivity contribution in [3.63, 3.8) is 0 Å². The van der Waals surface area contributed by atoms with Crippen LogP contribution in [-0.4, -0.2) is 76.6 Å². The number of piperidine rings is 1. The number of likely N-dealkylation sites (tertiary alicyclic amines) is 1. The Labute approximate surface area is 182 Å². The van der Waals surface area contributed by atoms with Crippen molar-refractivity contribution in [2.45, 2.75) is 30.6 Å². The second kappa shape index (κ2) is 10.9. The maximum Gasteiger partial charge on any atom is 0.240 e. The van der Waals surface area contributed by atoms with Crippen LogP contribution in [0.5, 0.6) is 0 Å². The molecule has 0 aromatic heterocycles. The highest BCUT2D eigenvalue weighted by atomic mass is 79.9. The van der Waals surface area contributed by atoms with Gasteiger partial charge in [0.15, 0.2) is 0 Å². The van der Waals surface area contributed by atoms with Crippen LogP contribution in [-0.2, 0) is 19.6 Å². The molecule has 2 fully saturated rings. The highest BCUT2D eigenvalue weighted by molar-refractivity contribution is 9.10. The lowest BCUT2D eigenvalue weighted by Gasteiger charge is -2.34. The molecule has 0 spiro atoms. The van der Waals surface area contributed by atoms with Crippen molar-refractivity contribution < 1.29 is 17.9 Å². The molecule has 0 aliphatic carbocycles. The summed E-state index contributed by atoms with van der Waals surface area (Å²) in [5.41, 5.74) is 0. The van der Waals surface area contributed by atoms with Crippen molar-refractivity contribution >= 4 is 31.9 Å². The van der Waals surface area contributed by atoms with E-state index >= 15 is 0 Å². The molecule has 2 saturated heterocycles. The van der Waals surface area contributed by atoms with Crippen LogP contribution >= 0.6 is 15.9 Å². The average molecular weight is 488 g/mol. The Morgan fingerprint density at radius 3 is 2.41 bits per heavy atom. The second-order valence-electron chi connectivity index (χ2n) is 7.67. The first kappa shape index (κ1) is 22.7. The van der Waals surface area contributed by atoms with Crippen molar-refractivity contribution in [2.75, 3.05) is 52.5 Å². The monoisotopic (exact) mass is 487 g/mol. The van der Waals surface area contributed by atoms with E-state index in [0.29, 0.717) is 5.92 Å². The van der Waals surface area contributed by atoms with E-state index in [1.807, 2.05) is 4.90 Å². The smallest absolute Gasteiger partial charge is 0.240 e. The Morgan fingerprint density at radius 1 is 1.10 bits per heavy atom. The summed E-state index contributed by atoms with van der Waals surface area (Å²) in [6.07, 6.45) is 3.42. The largest absolute Gasteiger partial charge is 0.379 e. The minimum Gasteiger partial charge on any atom is -0.379 e. The zero-order chi connectivity index (χ0) is 20.7. The molecule has 7 nitrogen and oxygen atoms in total. The molecule has 0 unspecified atom stereocenters. The number of halogens is 1. The third-order valence-electron chi connectivity index (χ3n) is 5.68. The minimum atomic E-state index is -3.59. The number of hydrogen-bond acceptors (Lipinski definition) is 5. The zero-order valence-electron chi connectivity index (χ0n) is 16.7. The quantitative estimate of drug-likeness (QED) is 0.607. The van der Waals surface area contributed by atoms with E-state index in [0.717, 1.165) is 63.3 Å². The van der Waals surface area contributed by atoms with Crippen molar-refractivity contribution in [1.82, 2.24) is 14.5 Å². The zero-order valence-corrected chi connectivity index (χ0v) is 19.1. The van der Waals surface area contributed by atoms with Crippen LogP contribution in [0.25, 0.3) is 0 Å². The van der Waals surface area contributed by atoms with Gasteiger partial charge in [0.2, 0.25) is 15.9 Å². The number of amides is 1. The normalized spacial score (nSPS) is 19.4. The maximum absolute atomic E-state index is 12.4. The topological polar surface area (TPSA) is 79.0 Å². The summed E-state index contributed by atoms with van der Waals surface area (Å²) < 4.78 is 33.3. The third kappa shape index (κ3) is 7.03. The van der Waals surface area contributed by atoms with Crippen LogP contribution in [0.4, 0.5) is 0 Å². The van der Waals surface area contributed by atoms with Crippen LogP contribution in [0.15, 0.2) is 33.6 Å². The van der Waals surface area contributed by atoms with Crippen molar-refractivity contribution in [3.05, 3.63) is 28.7 Å². The lowest BCUT2D eigenvalue weighted by atomic mass is 9.93. The SMILES string of the molecule is O=C(CCNS(=O)(=O)c1ccc(Br)cc1)N1CCC(CCN2CCOCC2)CC1. The third-order valence-corrected chi connectivity index (χ3v) is 7.69. The minimum absolute atomic E-state index is 0.0233. The summed E-state index contributed by atoms with van der Waals surface area (Å²) >= 11 is 3.29. The first-order valence-electron chi connectivity index (χ1n) is 10.3. The fourth-order valence-electron chi connectivity index (χ4n) is 3.81. The lowest BCUT2D eigenvalue weighted by Crippen LogP contribution is -2.41. The summed E-state index contributed by atoms with van der Waals surface area (Å²) in [7, 11) is -3.59. The van der Waals surface area contributed by atoms with Crippen molar-refractivity contribution in [3.8, 4) is 0 Å². The van der Waals surface area contributed by atoms with Gasteiger partial charge in [-0.25, -0.2) is 13.1 Å². The number of ether oxygens (including phenoxy) is 1. The summed E-state index contributed by atoms with van der Waals surface area (Å²) in [5.74, 6) is 0.688. The summed E-state index contributed by atoms with van der Waals surface area (Å²) in [6, 6.07) is 6.44.